The van der Waals surface area contributed by atoms with Crippen LogP contribution in [0.5, 0.6) is 0 Å². The van der Waals surface area contributed by atoms with Gasteiger partial charge in [-0.1, -0.05) is 6.07 Å². The summed E-state index contributed by atoms with van der Waals surface area (Å²) in [5, 5.41) is 3.16. The molecule has 2 saturated heterocycles. The molecule has 1 aromatic carbocycles. The zero-order valence-corrected chi connectivity index (χ0v) is 17.4. The quantitative estimate of drug-likeness (QED) is 0.817. The summed E-state index contributed by atoms with van der Waals surface area (Å²) in [5.41, 5.74) is 3.57. The van der Waals surface area contributed by atoms with Gasteiger partial charge in [-0.05, 0) is 49.9 Å². The van der Waals surface area contributed by atoms with Crippen LogP contribution < -0.4 is 5.32 Å². The van der Waals surface area contributed by atoms with Crippen LogP contribution in [-0.2, 0) is 19.6 Å². The van der Waals surface area contributed by atoms with Crippen LogP contribution in [0, 0.1) is 27.7 Å². The Kier molecular flexibility index (Phi) is 5.90. The predicted octanol–water partition coefficient (Wildman–Crippen LogP) is 0.742. The van der Waals surface area contributed by atoms with Gasteiger partial charge in [0, 0.05) is 32.7 Å². The summed E-state index contributed by atoms with van der Waals surface area (Å²) >= 11 is 0. The van der Waals surface area contributed by atoms with Crippen molar-refractivity contribution in [1.29, 1.82) is 0 Å². The van der Waals surface area contributed by atoms with Gasteiger partial charge in [0.05, 0.1) is 18.1 Å². The number of piperazine rings is 1. The lowest BCUT2D eigenvalue weighted by Gasteiger charge is -2.37. The molecule has 0 saturated carbocycles. The van der Waals surface area contributed by atoms with Crippen molar-refractivity contribution in [1.82, 2.24) is 14.5 Å². The smallest absolute Gasteiger partial charge is 0.243 e. The highest BCUT2D eigenvalue weighted by Gasteiger charge is 2.34. The van der Waals surface area contributed by atoms with E-state index in [1.165, 1.54) is 4.31 Å². The second-order valence-electron chi connectivity index (χ2n) is 7.40. The Bertz CT molecular complexity index is 798. The number of amides is 1. The summed E-state index contributed by atoms with van der Waals surface area (Å²) in [7, 11) is -3.59. The molecule has 1 atom stereocenters. The lowest BCUT2D eigenvalue weighted by atomic mass is 10.0. The topological polar surface area (TPSA) is 79.0 Å². The number of hydrogen-bond acceptors (Lipinski definition) is 5. The fourth-order valence-electron chi connectivity index (χ4n) is 3.79. The molecule has 150 valence electrons. The van der Waals surface area contributed by atoms with Crippen molar-refractivity contribution in [3.05, 3.63) is 28.3 Å². The predicted molar refractivity (Wildman–Crippen MR) is 103 cm³/mol. The number of aryl methyl sites for hydroxylation is 2. The van der Waals surface area contributed by atoms with Gasteiger partial charge in [0.2, 0.25) is 15.9 Å². The second-order valence-corrected chi connectivity index (χ2v) is 9.28. The van der Waals surface area contributed by atoms with E-state index in [2.05, 4.69) is 5.32 Å². The van der Waals surface area contributed by atoms with Crippen LogP contribution >= 0.6 is 0 Å². The Morgan fingerprint density at radius 3 is 2.19 bits per heavy atom. The molecule has 8 heteroatoms. The van der Waals surface area contributed by atoms with Crippen molar-refractivity contribution in [2.24, 2.45) is 0 Å². The maximum atomic E-state index is 13.3. The summed E-state index contributed by atoms with van der Waals surface area (Å²) in [6.07, 6.45) is 0. The number of carbonyl (C=O) groups is 1. The number of ether oxygens (including phenoxy) is 1. The van der Waals surface area contributed by atoms with Gasteiger partial charge >= 0.3 is 0 Å². The lowest BCUT2D eigenvalue weighted by molar-refractivity contribution is -0.137. The molecule has 0 bridgehead atoms. The summed E-state index contributed by atoms with van der Waals surface area (Å²) in [5.74, 6) is -0.00879. The minimum absolute atomic E-state index is 0.00879. The molecule has 7 nitrogen and oxygen atoms in total. The van der Waals surface area contributed by atoms with Crippen LogP contribution in [0.2, 0.25) is 0 Å². The average Bonchev–Trinajstić information content (AvgIpc) is 2.66. The van der Waals surface area contributed by atoms with Crippen molar-refractivity contribution >= 4 is 15.9 Å². The van der Waals surface area contributed by atoms with E-state index in [9.17, 15) is 13.2 Å². The SMILES string of the molecule is Cc1cc(C)c(C)c(S(=O)(=O)N2CCN(C(=O)C3COCCN3)CC2)c1C. The fourth-order valence-corrected chi connectivity index (χ4v) is 5.79. The number of hydrogen-bond donors (Lipinski definition) is 1. The Labute approximate surface area is 161 Å². The van der Waals surface area contributed by atoms with Crippen LogP contribution in [0.4, 0.5) is 0 Å². The molecule has 2 heterocycles. The van der Waals surface area contributed by atoms with Gasteiger partial charge in [0.25, 0.3) is 0 Å². The highest BCUT2D eigenvalue weighted by Crippen LogP contribution is 2.29. The molecule has 2 aliphatic rings. The van der Waals surface area contributed by atoms with Crippen LogP contribution in [0.3, 0.4) is 0 Å². The van der Waals surface area contributed by atoms with Gasteiger partial charge in [-0.2, -0.15) is 4.31 Å². The first kappa shape index (κ1) is 20.3. The summed E-state index contributed by atoms with van der Waals surface area (Å²) in [6, 6.07) is 1.70. The number of sulfonamides is 1. The fraction of sp³-hybridized carbons (Fsp3) is 0.632. The molecule has 1 unspecified atom stereocenters. The number of nitrogens with zero attached hydrogens (tertiary/aromatic N) is 2. The number of rotatable bonds is 3. The number of morpholine rings is 1. The van der Waals surface area contributed by atoms with E-state index in [1.807, 2.05) is 33.8 Å². The standard InChI is InChI=1S/C19H29N3O4S/c1-13-11-14(2)16(4)18(15(13)3)27(24,25)22-8-6-21(7-9-22)19(23)17-12-26-10-5-20-17/h11,17,20H,5-10,12H2,1-4H3. The molecule has 2 fully saturated rings. The first-order valence-electron chi connectivity index (χ1n) is 9.41. The highest BCUT2D eigenvalue weighted by atomic mass is 32.2. The Balaban J connectivity index is 1.75. The van der Waals surface area contributed by atoms with Gasteiger partial charge in [-0.15, -0.1) is 0 Å². The van der Waals surface area contributed by atoms with Crippen LogP contribution in [0.25, 0.3) is 0 Å². The molecule has 0 radical (unpaired) electrons. The maximum Gasteiger partial charge on any atom is 0.243 e. The van der Waals surface area contributed by atoms with E-state index in [0.717, 1.165) is 22.3 Å². The van der Waals surface area contributed by atoms with E-state index < -0.39 is 10.0 Å². The third-order valence-corrected chi connectivity index (χ3v) is 7.84. The van der Waals surface area contributed by atoms with Crippen LogP contribution in [0.15, 0.2) is 11.0 Å². The van der Waals surface area contributed by atoms with Gasteiger partial charge in [-0.25, -0.2) is 8.42 Å². The first-order chi connectivity index (χ1) is 12.7. The molecule has 0 aromatic heterocycles. The number of benzene rings is 1. The molecule has 0 spiro atoms. The van der Waals surface area contributed by atoms with Gasteiger partial charge in [0.15, 0.2) is 0 Å². The normalized spacial score (nSPS) is 22.1. The third-order valence-electron chi connectivity index (χ3n) is 5.67. The zero-order chi connectivity index (χ0) is 19.8. The molecule has 1 N–H and O–H groups in total. The zero-order valence-electron chi connectivity index (χ0n) is 16.5. The highest BCUT2D eigenvalue weighted by molar-refractivity contribution is 7.89. The Morgan fingerprint density at radius 2 is 1.67 bits per heavy atom. The van der Waals surface area contributed by atoms with E-state index >= 15 is 0 Å². The van der Waals surface area contributed by atoms with Crippen molar-refractivity contribution in [3.8, 4) is 0 Å². The largest absolute Gasteiger partial charge is 0.378 e. The number of nitrogens with one attached hydrogen (secondary N) is 1. The average molecular weight is 396 g/mol. The number of carbonyl (C=O) groups excluding carboxylic acids is 1. The molecule has 0 aliphatic carbocycles. The third kappa shape index (κ3) is 3.89. The minimum Gasteiger partial charge on any atom is -0.378 e. The molecular formula is C19H29N3O4S. The van der Waals surface area contributed by atoms with Gasteiger partial charge < -0.3 is 15.0 Å². The van der Waals surface area contributed by atoms with E-state index in [4.69, 9.17) is 4.74 Å². The molecule has 1 aromatic rings. The second kappa shape index (κ2) is 7.87. The van der Waals surface area contributed by atoms with E-state index in [1.54, 1.807) is 4.90 Å². The summed E-state index contributed by atoms with van der Waals surface area (Å²) in [6.45, 7) is 10.7. The molecule has 3 rings (SSSR count). The first-order valence-corrected chi connectivity index (χ1v) is 10.8. The van der Waals surface area contributed by atoms with Crippen molar-refractivity contribution in [3.63, 3.8) is 0 Å². The van der Waals surface area contributed by atoms with E-state index in [0.29, 0.717) is 50.8 Å². The monoisotopic (exact) mass is 395 g/mol. The molecule has 2 aliphatic heterocycles. The van der Waals surface area contributed by atoms with E-state index in [-0.39, 0.29) is 11.9 Å². The Hall–Kier alpha value is -1.48. The Morgan fingerprint density at radius 1 is 1.07 bits per heavy atom. The van der Waals surface area contributed by atoms with Crippen LogP contribution in [0.1, 0.15) is 22.3 Å². The minimum atomic E-state index is -3.59. The van der Waals surface area contributed by atoms with Crippen molar-refractivity contribution < 1.29 is 17.9 Å². The molecule has 1 amide bonds. The summed E-state index contributed by atoms with van der Waals surface area (Å²) in [4.78, 5) is 14.7. The van der Waals surface area contributed by atoms with Gasteiger partial charge in [-0.3, -0.25) is 4.79 Å². The summed E-state index contributed by atoms with van der Waals surface area (Å²) < 4.78 is 33.5. The molecular weight excluding hydrogens is 366 g/mol. The maximum absolute atomic E-state index is 13.3. The molecule has 27 heavy (non-hydrogen) atoms. The van der Waals surface area contributed by atoms with Crippen LogP contribution in [-0.4, -0.2) is 75.5 Å². The lowest BCUT2D eigenvalue weighted by Crippen LogP contribution is -2.57. The van der Waals surface area contributed by atoms with Crippen molar-refractivity contribution in [2.45, 2.75) is 38.6 Å². The van der Waals surface area contributed by atoms with Gasteiger partial charge in [0.1, 0.15) is 6.04 Å². The van der Waals surface area contributed by atoms with Crippen molar-refractivity contribution in [2.75, 3.05) is 45.9 Å².